The van der Waals surface area contributed by atoms with E-state index in [-0.39, 0.29) is 23.7 Å². The van der Waals surface area contributed by atoms with E-state index in [2.05, 4.69) is 137 Å². The summed E-state index contributed by atoms with van der Waals surface area (Å²) in [5, 5.41) is 24.3. The maximum absolute atomic E-state index is 12.7. The number of aliphatic hydroxyl groups is 2. The highest BCUT2D eigenvalue weighted by Crippen LogP contribution is 2.32. The first-order valence-electron chi connectivity index (χ1n) is 39.1. The standard InChI is InChI=1S/C21H19N3O2.C21H17N3O2.C21H19N3O.C13H8ClN3O.C8H7F3O.C7H6N2.C6H3Cl2NO/c2*1-14-4-2-5-15(10-14)13-26-19-8-7-16(11-23-19)20(25)18-12-24-21-17(18)6-3-9-22-21;1-15-4-2-5-17(10-15)14-25-20-8-7-16(12-23-20)11-18-13-24-21-19(18)6-3-9-22-21;14-11-4-3-8(6-16-11)12(18)10-7-17-13-9(10)2-1-5-15-13;9-8(10,11)7-3-1-2-6(4-7)5-12;1-2-6-3-5-9-7(6)8-4-1;7-5-2-1-4(3-9-5)6(8)10/h2-12,20,25H,13H2,1H3,(H,22,24);2-12H,13H2,1H3,(H,22,24);2-10,12-13H,11,14H2,1H3,(H,22,24);1-7H,(H,15,17);1-4,12H,5H2;1-5H,(H,8,9);1-3H. The van der Waals surface area contributed by atoms with Crippen molar-refractivity contribution in [3.8, 4) is 17.6 Å². The number of carbonyl (C=O) groups is 3. The van der Waals surface area contributed by atoms with E-state index in [0.29, 0.717) is 92.4 Å². The predicted octanol–water partition coefficient (Wildman–Crippen LogP) is 21.2. The molecule has 0 aliphatic rings. The third-order valence-corrected chi connectivity index (χ3v) is 19.7. The van der Waals surface area contributed by atoms with Crippen LogP contribution in [-0.4, -0.2) is 102 Å². The van der Waals surface area contributed by atoms with E-state index in [1.54, 1.807) is 98.4 Å². The second-order valence-corrected chi connectivity index (χ2v) is 29.4. The Morgan fingerprint density at radius 3 is 1.31 bits per heavy atom. The first-order chi connectivity index (χ1) is 61.1. The second kappa shape index (κ2) is 43.2. The van der Waals surface area contributed by atoms with Gasteiger partial charge in [0.25, 0.3) is 5.24 Å². The Labute approximate surface area is 734 Å². The third-order valence-electron chi connectivity index (χ3n) is 19.1. The molecule has 0 radical (unpaired) electrons. The fourth-order valence-electron chi connectivity index (χ4n) is 12.8. The van der Waals surface area contributed by atoms with E-state index in [4.69, 9.17) is 54.1 Å². The lowest BCUT2D eigenvalue weighted by Gasteiger charge is -2.11. The van der Waals surface area contributed by atoms with Crippen LogP contribution < -0.4 is 14.2 Å². The van der Waals surface area contributed by atoms with Gasteiger partial charge in [0.15, 0.2) is 11.6 Å². The van der Waals surface area contributed by atoms with Crippen molar-refractivity contribution in [1.82, 2.24) is 74.8 Å². The lowest BCUT2D eigenvalue weighted by Crippen LogP contribution is -2.05. The van der Waals surface area contributed by atoms with Crippen LogP contribution in [0.25, 0.3) is 55.2 Å². The van der Waals surface area contributed by atoms with Crippen molar-refractivity contribution in [3.05, 3.63) is 422 Å². The molecule has 0 saturated carbocycles. The SMILES string of the molecule is Cc1cccc(COc2ccc(C(=O)c3c[nH]c4ncccc34)cn2)c1.Cc1cccc(COc2ccc(C(O)c3c[nH]c4ncccc34)cn2)c1.Cc1cccc(COc2ccc(Cc3c[nH]c4ncccc34)cn2)c1.O=C(Cl)c1ccc(Cl)nc1.O=C(c1ccc(Cl)nc1)c1c[nH]c2ncccc12.OCc1cccc(C(F)(F)F)c1.c1cnc2[nH]ccc2c1. The zero-order valence-corrected chi connectivity index (χ0v) is 70.0. The van der Waals surface area contributed by atoms with Crippen LogP contribution in [0.1, 0.15) is 115 Å². The maximum Gasteiger partial charge on any atom is 0.416 e. The number of alkyl halides is 3. The molecule has 15 aromatic heterocycles. The predicted molar refractivity (Wildman–Crippen MR) is 479 cm³/mol. The number of halogens is 6. The third kappa shape index (κ3) is 24.7. The van der Waals surface area contributed by atoms with Crippen molar-refractivity contribution in [2.45, 2.75) is 65.9 Å². The molecule has 0 aliphatic carbocycles. The number of carbonyl (C=O) groups excluding carboxylic acids is 3. The summed E-state index contributed by atoms with van der Waals surface area (Å²) in [6, 6.07) is 67.7. The molecule has 23 nitrogen and oxygen atoms in total. The number of aryl methyl sites for hydroxylation is 3. The van der Waals surface area contributed by atoms with Crippen molar-refractivity contribution in [1.29, 1.82) is 0 Å². The number of fused-ring (bicyclic) bond motifs is 5. The molecule has 19 aromatic rings. The molecule has 632 valence electrons. The van der Waals surface area contributed by atoms with E-state index in [9.17, 15) is 32.7 Å². The number of nitrogens with one attached hydrogen (secondary N) is 5. The number of ether oxygens (including phenoxy) is 3. The van der Waals surface area contributed by atoms with E-state index in [0.717, 1.165) is 90.2 Å². The Morgan fingerprint density at radius 1 is 0.405 bits per heavy atom. The smallest absolute Gasteiger partial charge is 0.416 e. The van der Waals surface area contributed by atoms with Gasteiger partial charge < -0.3 is 49.3 Å². The first-order valence-corrected chi connectivity index (χ1v) is 40.2. The summed E-state index contributed by atoms with van der Waals surface area (Å²) in [4.78, 5) is 92.3. The molecule has 0 bridgehead atoms. The maximum atomic E-state index is 12.7. The van der Waals surface area contributed by atoms with Gasteiger partial charge in [0, 0.05) is 178 Å². The van der Waals surface area contributed by atoms with Crippen LogP contribution in [0, 0.1) is 20.8 Å². The number of hydrogen-bond donors (Lipinski definition) is 7. The number of aromatic amines is 5. The Bertz CT molecular complexity index is 6780. The largest absolute Gasteiger partial charge is 0.473 e. The Balaban J connectivity index is 0.000000130. The summed E-state index contributed by atoms with van der Waals surface area (Å²) >= 11 is 16.3. The fraction of sp³-hybridized carbons (Fsp3) is 0.103. The van der Waals surface area contributed by atoms with Gasteiger partial charge in [-0.25, -0.2) is 49.8 Å². The topological polar surface area (TPSA) is 327 Å². The molecule has 19 rings (SSSR count). The molecule has 4 aromatic carbocycles. The number of aromatic nitrogens is 15. The van der Waals surface area contributed by atoms with Crippen LogP contribution in [0.15, 0.2) is 317 Å². The highest BCUT2D eigenvalue weighted by molar-refractivity contribution is 6.67. The summed E-state index contributed by atoms with van der Waals surface area (Å²) < 4.78 is 53.3. The van der Waals surface area contributed by atoms with Crippen molar-refractivity contribution in [2.75, 3.05) is 0 Å². The molecule has 1 atom stereocenters. The van der Waals surface area contributed by atoms with Gasteiger partial charge in [-0.15, -0.1) is 0 Å². The average molecular weight is 1750 g/mol. The molecule has 126 heavy (non-hydrogen) atoms. The molecule has 0 amide bonds. The number of hydrogen-bond acceptors (Lipinski definition) is 18. The normalized spacial score (nSPS) is 11.0. The van der Waals surface area contributed by atoms with Crippen LogP contribution in [0.4, 0.5) is 13.2 Å². The molecule has 15 heterocycles. The summed E-state index contributed by atoms with van der Waals surface area (Å²) in [5.41, 5.74) is 16.9. The number of ketones is 2. The number of pyridine rings is 10. The van der Waals surface area contributed by atoms with Crippen molar-refractivity contribution in [2.24, 2.45) is 0 Å². The average Bonchev–Trinajstić information content (AvgIpc) is 1.66. The molecule has 1 unspecified atom stereocenters. The first kappa shape index (κ1) is 88.8. The van der Waals surface area contributed by atoms with Gasteiger partial charge in [-0.05, 0) is 181 Å². The van der Waals surface area contributed by atoms with E-state index >= 15 is 0 Å². The van der Waals surface area contributed by atoms with Gasteiger partial charge >= 0.3 is 6.18 Å². The number of aliphatic hydroxyl groups excluding tert-OH is 2. The van der Waals surface area contributed by atoms with Gasteiger partial charge in [0.1, 0.15) is 64.5 Å². The molecular formula is C97H79Cl3F3N15O8. The van der Waals surface area contributed by atoms with Crippen LogP contribution in [-0.2, 0) is 39.0 Å². The van der Waals surface area contributed by atoms with Gasteiger partial charge in [-0.2, -0.15) is 13.2 Å². The summed E-state index contributed by atoms with van der Waals surface area (Å²) in [7, 11) is 0. The van der Waals surface area contributed by atoms with Gasteiger partial charge in [-0.3, -0.25) is 14.4 Å². The summed E-state index contributed by atoms with van der Waals surface area (Å²) in [6.07, 6.45) is 21.3. The number of H-pyrrole nitrogens is 5. The van der Waals surface area contributed by atoms with Gasteiger partial charge in [0.2, 0.25) is 17.6 Å². The molecular weight excluding hydrogens is 1670 g/mol. The van der Waals surface area contributed by atoms with Crippen LogP contribution in [0.3, 0.4) is 0 Å². The zero-order chi connectivity index (χ0) is 88.3. The number of benzene rings is 4. The Hall–Kier alpha value is -14.9. The minimum Gasteiger partial charge on any atom is -0.473 e. The quantitative estimate of drug-likeness (QED) is 0.0225. The molecule has 0 aliphatic heterocycles. The highest BCUT2D eigenvalue weighted by Gasteiger charge is 2.30. The molecule has 29 heteroatoms. The van der Waals surface area contributed by atoms with Crippen molar-refractivity contribution in [3.63, 3.8) is 0 Å². The number of rotatable bonds is 19. The minimum absolute atomic E-state index is 0.0954. The van der Waals surface area contributed by atoms with Crippen LogP contribution in [0.5, 0.6) is 17.6 Å². The molecule has 0 spiro atoms. The fourth-order valence-corrected chi connectivity index (χ4v) is 13.1. The Morgan fingerprint density at radius 2 is 0.841 bits per heavy atom. The van der Waals surface area contributed by atoms with Gasteiger partial charge in [0.05, 0.1) is 17.7 Å². The van der Waals surface area contributed by atoms with Crippen LogP contribution >= 0.6 is 34.8 Å². The second-order valence-electron chi connectivity index (χ2n) is 28.2. The summed E-state index contributed by atoms with van der Waals surface area (Å²) in [6.45, 7) is 7.24. The van der Waals surface area contributed by atoms with Crippen molar-refractivity contribution < 1.29 is 52.0 Å². The summed E-state index contributed by atoms with van der Waals surface area (Å²) in [5.74, 6) is 1.47. The van der Waals surface area contributed by atoms with Gasteiger partial charge in [-0.1, -0.05) is 131 Å². The lowest BCUT2D eigenvalue weighted by atomic mass is 10.0. The highest BCUT2D eigenvalue weighted by atomic mass is 35.5. The zero-order valence-electron chi connectivity index (χ0n) is 67.7. The van der Waals surface area contributed by atoms with E-state index in [1.165, 1.54) is 58.9 Å². The van der Waals surface area contributed by atoms with Crippen LogP contribution in [0.2, 0.25) is 10.3 Å². The van der Waals surface area contributed by atoms with E-state index in [1.807, 2.05) is 129 Å². The molecule has 7 N–H and O–H groups in total. The molecule has 0 saturated heterocycles. The Kier molecular flexibility index (Phi) is 30.5. The minimum atomic E-state index is -4.33. The van der Waals surface area contributed by atoms with Crippen molar-refractivity contribution >= 4 is 107 Å². The number of nitrogens with zero attached hydrogens (tertiary/aromatic N) is 10. The van der Waals surface area contributed by atoms with E-state index < -0.39 is 23.1 Å². The lowest BCUT2D eigenvalue weighted by molar-refractivity contribution is -0.137. The monoisotopic (exact) mass is 1740 g/mol. The molecule has 0 fully saturated rings.